The molecule has 0 saturated carbocycles. The smallest absolute Gasteiger partial charge is 0.244 e. The zero-order chi connectivity index (χ0) is 22.5. The first kappa shape index (κ1) is 23.7. The highest BCUT2D eigenvalue weighted by atomic mass is 32.2. The Morgan fingerprint density at radius 2 is 1.67 bits per heavy atom. The number of hydrogen-bond donors (Lipinski definition) is 1. The molecular formula is C23H32N2O4S. The summed E-state index contributed by atoms with van der Waals surface area (Å²) >= 11 is 0. The highest BCUT2D eigenvalue weighted by Gasteiger charge is 2.31. The molecule has 164 valence electrons. The molecule has 0 saturated heterocycles. The van der Waals surface area contributed by atoms with Crippen molar-refractivity contribution in [3.63, 3.8) is 0 Å². The molecule has 6 nitrogen and oxygen atoms in total. The van der Waals surface area contributed by atoms with Crippen molar-refractivity contribution in [2.24, 2.45) is 0 Å². The van der Waals surface area contributed by atoms with Gasteiger partial charge in [-0.05, 0) is 80.6 Å². The standard InChI is InChI=1S/C23H32N2O4S/c1-7-22(25(30(6,27)28)20-9-8-18(4)19(5)15-20)23(26)24-10-11-29-21-13-16(2)12-17(3)14-21/h8-9,12-15,22H,7,10-11H2,1-6H3,(H,24,26)/t22-/m1/s1. The molecule has 2 aromatic rings. The van der Waals surface area contributed by atoms with Gasteiger partial charge in [-0.25, -0.2) is 8.42 Å². The first-order valence-electron chi connectivity index (χ1n) is 10.1. The summed E-state index contributed by atoms with van der Waals surface area (Å²) in [4.78, 5) is 12.8. The molecule has 2 aromatic carbocycles. The molecule has 0 aliphatic carbocycles. The predicted octanol–water partition coefficient (Wildman–Crippen LogP) is 3.66. The summed E-state index contributed by atoms with van der Waals surface area (Å²) in [5, 5.41) is 2.81. The van der Waals surface area contributed by atoms with Gasteiger partial charge in [0.15, 0.2) is 0 Å². The van der Waals surface area contributed by atoms with E-state index >= 15 is 0 Å². The van der Waals surface area contributed by atoms with E-state index in [1.54, 1.807) is 19.1 Å². The molecule has 0 fully saturated rings. The minimum Gasteiger partial charge on any atom is -0.492 e. The molecule has 1 atom stereocenters. The molecule has 0 aliphatic rings. The number of amides is 1. The van der Waals surface area contributed by atoms with E-state index in [2.05, 4.69) is 11.4 Å². The fourth-order valence-corrected chi connectivity index (χ4v) is 4.60. The van der Waals surface area contributed by atoms with Crippen LogP contribution in [0.5, 0.6) is 5.75 Å². The van der Waals surface area contributed by atoms with E-state index in [4.69, 9.17) is 4.74 Å². The summed E-state index contributed by atoms with van der Waals surface area (Å²) in [7, 11) is -3.65. The van der Waals surface area contributed by atoms with Gasteiger partial charge in [-0.3, -0.25) is 9.10 Å². The maximum atomic E-state index is 12.8. The summed E-state index contributed by atoms with van der Waals surface area (Å²) in [5.41, 5.74) is 4.75. The number of benzene rings is 2. The van der Waals surface area contributed by atoms with Crippen molar-refractivity contribution in [1.82, 2.24) is 5.32 Å². The summed E-state index contributed by atoms with van der Waals surface area (Å²) in [6.07, 6.45) is 1.48. The van der Waals surface area contributed by atoms with E-state index in [0.717, 1.165) is 34.3 Å². The van der Waals surface area contributed by atoms with Crippen LogP contribution in [0.25, 0.3) is 0 Å². The number of nitrogens with zero attached hydrogens (tertiary/aromatic N) is 1. The van der Waals surface area contributed by atoms with E-state index in [9.17, 15) is 13.2 Å². The van der Waals surface area contributed by atoms with E-state index < -0.39 is 16.1 Å². The maximum Gasteiger partial charge on any atom is 0.244 e. The van der Waals surface area contributed by atoms with Crippen LogP contribution in [0.15, 0.2) is 36.4 Å². The molecule has 30 heavy (non-hydrogen) atoms. The molecule has 0 aliphatic heterocycles. The lowest BCUT2D eigenvalue weighted by Gasteiger charge is -2.30. The minimum absolute atomic E-state index is 0.285. The lowest BCUT2D eigenvalue weighted by Crippen LogP contribution is -2.50. The molecule has 7 heteroatoms. The third kappa shape index (κ3) is 6.23. The van der Waals surface area contributed by atoms with E-state index in [0.29, 0.717) is 18.7 Å². The Hall–Kier alpha value is -2.54. The van der Waals surface area contributed by atoms with Crippen molar-refractivity contribution in [2.75, 3.05) is 23.7 Å². The van der Waals surface area contributed by atoms with Crippen LogP contribution in [0.2, 0.25) is 0 Å². The highest BCUT2D eigenvalue weighted by Crippen LogP contribution is 2.25. The number of rotatable bonds is 9. The van der Waals surface area contributed by atoms with Gasteiger partial charge in [0.25, 0.3) is 0 Å². The Morgan fingerprint density at radius 3 is 2.20 bits per heavy atom. The first-order chi connectivity index (χ1) is 14.0. The molecular weight excluding hydrogens is 400 g/mol. The second-order valence-electron chi connectivity index (χ2n) is 7.71. The van der Waals surface area contributed by atoms with E-state index in [1.165, 1.54) is 4.31 Å². The fraction of sp³-hybridized carbons (Fsp3) is 0.435. The molecule has 0 unspecified atom stereocenters. The van der Waals surface area contributed by atoms with Gasteiger partial charge in [-0.1, -0.05) is 19.1 Å². The van der Waals surface area contributed by atoms with Crippen LogP contribution in [-0.2, 0) is 14.8 Å². The largest absolute Gasteiger partial charge is 0.492 e. The summed E-state index contributed by atoms with van der Waals surface area (Å²) < 4.78 is 32.0. The number of sulfonamides is 1. The van der Waals surface area contributed by atoms with Crippen LogP contribution in [-0.4, -0.2) is 39.8 Å². The maximum absolute atomic E-state index is 12.8. The van der Waals surface area contributed by atoms with Gasteiger partial charge < -0.3 is 10.1 Å². The highest BCUT2D eigenvalue weighted by molar-refractivity contribution is 7.92. The van der Waals surface area contributed by atoms with Crippen molar-refractivity contribution in [3.8, 4) is 5.75 Å². The van der Waals surface area contributed by atoms with E-state index in [1.807, 2.05) is 45.9 Å². The molecule has 1 amide bonds. The van der Waals surface area contributed by atoms with Crippen molar-refractivity contribution in [3.05, 3.63) is 58.7 Å². The number of carbonyl (C=O) groups excluding carboxylic acids is 1. The summed E-state index contributed by atoms with van der Waals surface area (Å²) in [5.74, 6) is 0.409. The van der Waals surface area contributed by atoms with Gasteiger partial charge in [-0.2, -0.15) is 0 Å². The van der Waals surface area contributed by atoms with Crippen molar-refractivity contribution < 1.29 is 17.9 Å². The van der Waals surface area contributed by atoms with Gasteiger partial charge in [0.1, 0.15) is 18.4 Å². The normalized spacial score (nSPS) is 12.3. The number of carbonyl (C=O) groups is 1. The van der Waals surface area contributed by atoms with Crippen molar-refractivity contribution in [2.45, 2.75) is 47.1 Å². The quantitative estimate of drug-likeness (QED) is 0.614. The lowest BCUT2D eigenvalue weighted by atomic mass is 10.1. The Kier molecular flexibility index (Phi) is 7.89. The van der Waals surface area contributed by atoms with Crippen LogP contribution < -0.4 is 14.4 Å². The molecule has 0 radical (unpaired) electrons. The van der Waals surface area contributed by atoms with Crippen LogP contribution >= 0.6 is 0 Å². The van der Waals surface area contributed by atoms with Crippen LogP contribution in [0.1, 0.15) is 35.6 Å². The monoisotopic (exact) mass is 432 g/mol. The number of anilines is 1. The summed E-state index contributed by atoms with van der Waals surface area (Å²) in [6, 6.07) is 10.5. The average Bonchev–Trinajstić information content (AvgIpc) is 2.63. The molecule has 0 spiro atoms. The van der Waals surface area contributed by atoms with Gasteiger partial charge in [0, 0.05) is 0 Å². The predicted molar refractivity (Wildman–Crippen MR) is 122 cm³/mol. The average molecular weight is 433 g/mol. The van der Waals surface area contributed by atoms with Gasteiger partial charge >= 0.3 is 0 Å². The first-order valence-corrected chi connectivity index (χ1v) is 11.9. The second-order valence-corrected chi connectivity index (χ2v) is 9.57. The van der Waals surface area contributed by atoms with Crippen molar-refractivity contribution in [1.29, 1.82) is 0 Å². The van der Waals surface area contributed by atoms with Gasteiger partial charge in [-0.15, -0.1) is 0 Å². The minimum atomic E-state index is -3.65. The number of ether oxygens (including phenoxy) is 1. The Bertz CT molecular complexity index is 982. The number of nitrogens with one attached hydrogen (secondary N) is 1. The number of aryl methyl sites for hydroxylation is 4. The third-order valence-electron chi connectivity index (χ3n) is 4.94. The molecule has 0 aromatic heterocycles. The molecule has 0 heterocycles. The van der Waals surface area contributed by atoms with Crippen molar-refractivity contribution >= 4 is 21.6 Å². The van der Waals surface area contributed by atoms with Crippen LogP contribution in [0, 0.1) is 27.7 Å². The molecule has 0 bridgehead atoms. The zero-order valence-electron chi connectivity index (χ0n) is 18.7. The third-order valence-corrected chi connectivity index (χ3v) is 6.12. The second kappa shape index (κ2) is 9.98. The van der Waals surface area contributed by atoms with E-state index in [-0.39, 0.29) is 12.5 Å². The molecule has 2 rings (SSSR count). The summed E-state index contributed by atoms with van der Waals surface area (Å²) in [6.45, 7) is 10.3. The van der Waals surface area contributed by atoms with Crippen LogP contribution in [0.3, 0.4) is 0 Å². The zero-order valence-corrected chi connectivity index (χ0v) is 19.5. The van der Waals surface area contributed by atoms with Gasteiger partial charge in [0.2, 0.25) is 15.9 Å². The molecule has 1 N–H and O–H groups in total. The van der Waals surface area contributed by atoms with Gasteiger partial charge in [0.05, 0.1) is 18.5 Å². The Balaban J connectivity index is 2.09. The SMILES string of the molecule is CC[C@H](C(=O)NCCOc1cc(C)cc(C)c1)N(c1ccc(C)c(C)c1)S(C)(=O)=O. The van der Waals surface area contributed by atoms with Crippen LogP contribution in [0.4, 0.5) is 5.69 Å². The topological polar surface area (TPSA) is 75.7 Å². The Labute approximate surface area is 180 Å². The Morgan fingerprint density at radius 1 is 1.03 bits per heavy atom. The fourth-order valence-electron chi connectivity index (χ4n) is 3.40. The lowest BCUT2D eigenvalue weighted by molar-refractivity contribution is -0.122. The number of hydrogen-bond acceptors (Lipinski definition) is 4.